The lowest BCUT2D eigenvalue weighted by Crippen LogP contribution is -2.67. The number of fused-ring (bicyclic) bond motifs is 7. The number of aryl methyl sites for hydroxylation is 3. The van der Waals surface area contributed by atoms with E-state index in [1.54, 1.807) is 0 Å². The highest BCUT2D eigenvalue weighted by molar-refractivity contribution is 5.78. The predicted octanol–water partition coefficient (Wildman–Crippen LogP) is 8.77. The number of carbonyl (C=O) groups excluding carboxylic acids is 2. The van der Waals surface area contributed by atoms with Gasteiger partial charge in [-0.2, -0.15) is 0 Å². The molecule has 1 aliphatic heterocycles. The van der Waals surface area contributed by atoms with Crippen molar-refractivity contribution in [2.24, 2.45) is 56.7 Å². The first-order valence-corrected chi connectivity index (χ1v) is 20.1. The summed E-state index contributed by atoms with van der Waals surface area (Å²) in [4.78, 5) is 37.1. The van der Waals surface area contributed by atoms with Crippen LogP contribution in [0, 0.1) is 77.4 Å². The van der Waals surface area contributed by atoms with Gasteiger partial charge in [0.15, 0.2) is 0 Å². The smallest absolute Gasteiger partial charge is 0.323 e. The van der Waals surface area contributed by atoms with Gasteiger partial charge in [0.2, 0.25) is 0 Å². The van der Waals surface area contributed by atoms with Gasteiger partial charge in [0.1, 0.15) is 18.8 Å². The Morgan fingerprint density at radius 3 is 2.26 bits per heavy atom. The first-order chi connectivity index (χ1) is 23.5. The molecule has 0 bridgehead atoms. The number of rotatable bonds is 6. The molecule has 0 aromatic carbocycles. The minimum absolute atomic E-state index is 0.0157. The van der Waals surface area contributed by atoms with Gasteiger partial charge >= 0.3 is 11.9 Å². The molecular formula is C43H65N3O4. The standard InChI is InChI=1S/C43H65N3O4/c1-25(2)29-15-20-43(38(48)49-24-32-28(5)45-26(3)27(4)46-32)22-21-41(9)30(36(29)43)13-14-34-40(8)18-17-35(50-37(47)31-12-11-23-44-31)39(6,7)33(40)16-19-42(34,41)10/h29-31,33-36,44H,1,11-24H2,2-10H3/t29-,30+,31-,33-,34+,35-,36+,40-,41+,42+,43-/m0/s1. The van der Waals surface area contributed by atoms with Crippen LogP contribution in [0.5, 0.6) is 0 Å². The minimum Gasteiger partial charge on any atom is -0.461 e. The SMILES string of the molecule is C=C(C)[C@@H]1CC[C@]2(C(=O)OCc3nc(C)c(C)nc3C)CC[C@]3(C)[C@H](CC[C@@H]4[C@@]5(C)CC[C@H](OC(=O)[C@@H]6CCCN6)C(C)(C)[C@@H]5CC[C@]43C)[C@@H]12. The highest BCUT2D eigenvalue weighted by atomic mass is 16.5. The quantitative estimate of drug-likeness (QED) is 0.236. The van der Waals surface area contributed by atoms with E-state index >= 15 is 0 Å². The second-order valence-electron chi connectivity index (χ2n) is 19.3. The largest absolute Gasteiger partial charge is 0.461 e. The Morgan fingerprint density at radius 2 is 1.56 bits per heavy atom. The summed E-state index contributed by atoms with van der Waals surface area (Å²) in [6.07, 6.45) is 12.6. The van der Waals surface area contributed by atoms with Crippen LogP contribution in [0.4, 0.5) is 0 Å². The fraction of sp³-hybridized carbons (Fsp3) is 0.814. The van der Waals surface area contributed by atoms with Crippen LogP contribution in [0.3, 0.4) is 0 Å². The molecule has 2 heterocycles. The van der Waals surface area contributed by atoms with Crippen LogP contribution in [0.25, 0.3) is 0 Å². The zero-order valence-electron chi connectivity index (χ0n) is 32.7. The van der Waals surface area contributed by atoms with Gasteiger partial charge in [-0.15, -0.1) is 0 Å². The molecule has 6 aliphatic rings. The number of nitrogens with one attached hydrogen (secondary N) is 1. The summed E-state index contributed by atoms with van der Waals surface area (Å²) in [5.41, 5.74) is 4.63. The molecule has 6 fully saturated rings. The zero-order valence-corrected chi connectivity index (χ0v) is 32.7. The summed E-state index contributed by atoms with van der Waals surface area (Å²) < 4.78 is 12.7. The van der Waals surface area contributed by atoms with Crippen molar-refractivity contribution in [3.63, 3.8) is 0 Å². The number of allylic oxidation sites excluding steroid dienone is 1. The topological polar surface area (TPSA) is 90.4 Å². The van der Waals surface area contributed by atoms with Gasteiger partial charge in [0.05, 0.1) is 28.2 Å². The molecule has 1 saturated heterocycles. The fourth-order valence-electron chi connectivity index (χ4n) is 14.0. The number of nitrogens with zero attached hydrogens (tertiary/aromatic N) is 2. The molecule has 276 valence electrons. The van der Waals surface area contributed by atoms with Crippen LogP contribution in [-0.2, 0) is 25.7 Å². The van der Waals surface area contributed by atoms with Gasteiger partial charge in [-0.3, -0.25) is 19.6 Å². The molecule has 0 amide bonds. The van der Waals surface area contributed by atoms with E-state index in [1.165, 1.54) is 24.8 Å². The van der Waals surface area contributed by atoms with Crippen LogP contribution in [-0.4, -0.2) is 40.6 Å². The van der Waals surface area contributed by atoms with Crippen molar-refractivity contribution in [3.05, 3.63) is 34.9 Å². The van der Waals surface area contributed by atoms with Crippen molar-refractivity contribution in [2.45, 2.75) is 158 Å². The van der Waals surface area contributed by atoms with E-state index < -0.39 is 5.41 Å². The van der Waals surface area contributed by atoms with Crippen molar-refractivity contribution in [3.8, 4) is 0 Å². The first kappa shape index (κ1) is 36.1. The third kappa shape index (κ3) is 5.19. The van der Waals surface area contributed by atoms with Crippen LogP contribution in [0.15, 0.2) is 12.2 Å². The van der Waals surface area contributed by atoms with Gasteiger partial charge in [0.25, 0.3) is 0 Å². The molecule has 1 aromatic heterocycles. The summed E-state index contributed by atoms with van der Waals surface area (Å²) in [5, 5.41) is 3.35. The van der Waals surface area contributed by atoms with Gasteiger partial charge in [-0.25, -0.2) is 0 Å². The fourth-order valence-corrected chi connectivity index (χ4v) is 14.0. The summed E-state index contributed by atoms with van der Waals surface area (Å²) in [6.45, 7) is 26.4. The molecule has 7 rings (SSSR count). The van der Waals surface area contributed by atoms with Gasteiger partial charge in [-0.05, 0) is 157 Å². The number of hydrogen-bond acceptors (Lipinski definition) is 7. The minimum atomic E-state index is -0.461. The molecule has 5 saturated carbocycles. The molecule has 0 radical (unpaired) electrons. The normalized spacial score (nSPS) is 43.2. The monoisotopic (exact) mass is 687 g/mol. The van der Waals surface area contributed by atoms with E-state index in [2.05, 4.69) is 58.4 Å². The van der Waals surface area contributed by atoms with Crippen molar-refractivity contribution in [2.75, 3.05) is 6.54 Å². The van der Waals surface area contributed by atoms with Crippen LogP contribution in [0.1, 0.15) is 141 Å². The lowest BCUT2D eigenvalue weighted by atomic mass is 9.32. The molecule has 0 unspecified atom stereocenters. The number of ether oxygens (including phenoxy) is 2. The van der Waals surface area contributed by atoms with Crippen LogP contribution in [0.2, 0.25) is 0 Å². The number of aromatic nitrogens is 2. The lowest BCUT2D eigenvalue weighted by molar-refractivity contribution is -0.251. The third-order valence-corrected chi connectivity index (χ3v) is 16.9. The zero-order chi connectivity index (χ0) is 36.0. The maximum Gasteiger partial charge on any atom is 0.323 e. The van der Waals surface area contributed by atoms with E-state index in [9.17, 15) is 9.59 Å². The summed E-state index contributed by atoms with van der Waals surface area (Å²) >= 11 is 0. The summed E-state index contributed by atoms with van der Waals surface area (Å²) in [7, 11) is 0. The van der Waals surface area contributed by atoms with Crippen LogP contribution < -0.4 is 5.32 Å². The second kappa shape index (κ2) is 12.4. The Balaban J connectivity index is 1.15. The van der Waals surface area contributed by atoms with Crippen LogP contribution >= 0.6 is 0 Å². The Morgan fingerprint density at radius 1 is 0.820 bits per heavy atom. The molecule has 5 aliphatic carbocycles. The molecule has 1 aromatic rings. The number of hydrogen-bond donors (Lipinski definition) is 1. The van der Waals surface area contributed by atoms with E-state index in [0.29, 0.717) is 23.7 Å². The Bertz CT molecular complexity index is 1550. The van der Waals surface area contributed by atoms with Gasteiger partial charge in [-0.1, -0.05) is 46.8 Å². The molecular weight excluding hydrogens is 622 g/mol. The van der Waals surface area contributed by atoms with Gasteiger partial charge < -0.3 is 14.8 Å². The van der Waals surface area contributed by atoms with Crippen molar-refractivity contribution in [1.29, 1.82) is 0 Å². The van der Waals surface area contributed by atoms with E-state index in [1.807, 2.05) is 20.8 Å². The molecule has 7 nitrogen and oxygen atoms in total. The Labute approximate surface area is 301 Å². The average Bonchev–Trinajstić information content (AvgIpc) is 3.73. The maximum atomic E-state index is 14.5. The Hall–Kier alpha value is -2.28. The van der Waals surface area contributed by atoms with Crippen molar-refractivity contribution < 1.29 is 19.1 Å². The molecule has 50 heavy (non-hydrogen) atoms. The predicted molar refractivity (Wildman–Crippen MR) is 196 cm³/mol. The lowest BCUT2D eigenvalue weighted by Gasteiger charge is -2.72. The Kier molecular flexibility index (Phi) is 8.96. The van der Waals surface area contributed by atoms with E-state index in [4.69, 9.17) is 14.5 Å². The van der Waals surface area contributed by atoms with Gasteiger partial charge in [0, 0.05) is 5.41 Å². The first-order valence-electron chi connectivity index (χ1n) is 20.1. The number of esters is 2. The molecule has 1 N–H and O–H groups in total. The van der Waals surface area contributed by atoms with E-state index in [0.717, 1.165) is 87.1 Å². The number of carbonyl (C=O) groups is 2. The maximum absolute atomic E-state index is 14.5. The van der Waals surface area contributed by atoms with Crippen molar-refractivity contribution in [1.82, 2.24) is 15.3 Å². The molecule has 7 heteroatoms. The summed E-state index contributed by atoms with van der Waals surface area (Å²) in [5.74, 6) is 2.14. The molecule has 11 atom stereocenters. The summed E-state index contributed by atoms with van der Waals surface area (Å²) in [6, 6.07) is -0.136. The molecule has 0 spiro atoms. The average molecular weight is 688 g/mol. The highest BCUT2D eigenvalue weighted by Gasteiger charge is 2.72. The van der Waals surface area contributed by atoms with E-state index in [-0.39, 0.29) is 58.3 Å². The third-order valence-electron chi connectivity index (χ3n) is 16.9. The highest BCUT2D eigenvalue weighted by Crippen LogP contribution is 2.77. The second-order valence-corrected chi connectivity index (χ2v) is 19.3. The van der Waals surface area contributed by atoms with Crippen molar-refractivity contribution >= 4 is 11.9 Å².